The van der Waals surface area contributed by atoms with E-state index in [9.17, 15) is 18.0 Å². The molecule has 0 radical (unpaired) electrons. The van der Waals surface area contributed by atoms with Gasteiger partial charge in [0, 0.05) is 11.4 Å². The van der Waals surface area contributed by atoms with Gasteiger partial charge in [0.1, 0.15) is 5.01 Å². The Balaban J connectivity index is 1.60. The monoisotopic (exact) mass is 461 g/mol. The van der Waals surface area contributed by atoms with Gasteiger partial charge in [0.15, 0.2) is 6.10 Å². The third-order valence-corrected chi connectivity index (χ3v) is 6.22. The molecule has 0 aliphatic carbocycles. The number of aromatic nitrogens is 2. The van der Waals surface area contributed by atoms with E-state index in [1.54, 1.807) is 19.1 Å². The Morgan fingerprint density at radius 2 is 1.71 bits per heavy atom. The third kappa shape index (κ3) is 5.77. The van der Waals surface area contributed by atoms with Crippen LogP contribution in [0, 0.1) is 6.92 Å². The molecule has 0 spiro atoms. The van der Waals surface area contributed by atoms with Crippen LogP contribution in [0.1, 0.15) is 22.3 Å². The molecule has 1 heterocycles. The largest absolute Gasteiger partial charge is 0.449 e. The molecule has 12 heteroatoms. The summed E-state index contributed by atoms with van der Waals surface area (Å²) in [6, 6.07) is 11.6. The number of aryl methyl sites for hydroxylation is 1. The number of hydrogen-bond acceptors (Lipinski definition) is 9. The number of esters is 1. The maximum atomic E-state index is 12.4. The third-order valence-electron chi connectivity index (χ3n) is 3.98. The maximum absolute atomic E-state index is 12.4. The molecule has 10 nitrogen and oxygen atoms in total. The molecule has 0 saturated heterocycles. The topological polar surface area (TPSA) is 153 Å². The van der Waals surface area contributed by atoms with E-state index < -0.39 is 28.0 Å². The molecule has 1 aromatic heterocycles. The average molecular weight is 462 g/mol. The molecule has 0 bridgehead atoms. The summed E-state index contributed by atoms with van der Waals surface area (Å²) in [6.45, 7) is 3.14. The first-order valence-corrected chi connectivity index (χ1v) is 11.2. The number of anilines is 3. The molecule has 3 aromatic rings. The van der Waals surface area contributed by atoms with Crippen molar-refractivity contribution in [2.45, 2.75) is 24.8 Å². The van der Waals surface area contributed by atoms with Gasteiger partial charge in [0.25, 0.3) is 15.9 Å². The minimum atomic E-state index is -3.84. The second kappa shape index (κ2) is 9.10. The van der Waals surface area contributed by atoms with Crippen LogP contribution in [0.4, 0.5) is 16.5 Å². The van der Waals surface area contributed by atoms with Gasteiger partial charge in [-0.25, -0.2) is 13.2 Å². The minimum Gasteiger partial charge on any atom is -0.449 e. The van der Waals surface area contributed by atoms with Crippen molar-refractivity contribution in [2.75, 3.05) is 15.8 Å². The van der Waals surface area contributed by atoms with Crippen LogP contribution in [0.5, 0.6) is 0 Å². The maximum Gasteiger partial charge on any atom is 0.338 e. The van der Waals surface area contributed by atoms with Crippen molar-refractivity contribution in [1.82, 2.24) is 10.2 Å². The normalized spacial score (nSPS) is 12.1. The van der Waals surface area contributed by atoms with Gasteiger partial charge in [-0.05, 0) is 62.4 Å². The van der Waals surface area contributed by atoms with E-state index in [0.29, 0.717) is 16.4 Å². The number of hydrogen-bond donors (Lipinski definition) is 3. The number of carbonyl (C=O) groups excluding carboxylic acids is 2. The number of rotatable bonds is 7. The van der Waals surface area contributed by atoms with Crippen molar-refractivity contribution in [3.8, 4) is 0 Å². The van der Waals surface area contributed by atoms with Crippen molar-refractivity contribution in [3.05, 3.63) is 59.1 Å². The summed E-state index contributed by atoms with van der Waals surface area (Å²) in [5, 5.41) is 10.8. The summed E-state index contributed by atoms with van der Waals surface area (Å²) >= 11 is 1.11. The molecule has 0 fully saturated rings. The van der Waals surface area contributed by atoms with E-state index in [0.717, 1.165) is 11.3 Å². The molecule has 4 N–H and O–H groups in total. The lowest BCUT2D eigenvalue weighted by Crippen LogP contribution is -2.30. The Morgan fingerprint density at radius 1 is 1.06 bits per heavy atom. The molecule has 0 aliphatic heterocycles. The molecule has 0 saturated carbocycles. The summed E-state index contributed by atoms with van der Waals surface area (Å²) in [5.74, 6) is -1.23. The van der Waals surface area contributed by atoms with Crippen LogP contribution in [0.15, 0.2) is 53.4 Å². The van der Waals surface area contributed by atoms with Crippen LogP contribution in [-0.2, 0) is 19.6 Å². The highest BCUT2D eigenvalue weighted by Crippen LogP contribution is 2.21. The Labute approximate surface area is 182 Å². The number of amides is 1. The summed E-state index contributed by atoms with van der Waals surface area (Å²) in [6.07, 6.45) is -1.07. The lowest BCUT2D eigenvalue weighted by Gasteiger charge is -2.14. The molecule has 3 rings (SSSR count). The molecule has 31 heavy (non-hydrogen) atoms. The molecular weight excluding hydrogens is 442 g/mol. The Bertz CT molecular complexity index is 1190. The van der Waals surface area contributed by atoms with Gasteiger partial charge < -0.3 is 15.8 Å². The van der Waals surface area contributed by atoms with Crippen molar-refractivity contribution in [3.63, 3.8) is 0 Å². The summed E-state index contributed by atoms with van der Waals surface area (Å²) < 4.78 is 32.3. The predicted octanol–water partition coefficient (Wildman–Crippen LogP) is 2.41. The van der Waals surface area contributed by atoms with Gasteiger partial charge in [-0.1, -0.05) is 11.3 Å². The van der Waals surface area contributed by atoms with Crippen LogP contribution >= 0.6 is 11.3 Å². The highest BCUT2D eigenvalue weighted by Gasteiger charge is 2.20. The molecule has 162 valence electrons. The van der Waals surface area contributed by atoms with Gasteiger partial charge in [-0.15, -0.1) is 10.2 Å². The first-order chi connectivity index (χ1) is 14.6. The summed E-state index contributed by atoms with van der Waals surface area (Å²) in [7, 11) is -3.84. The Hall–Kier alpha value is -3.51. The minimum absolute atomic E-state index is 0.0128. The van der Waals surface area contributed by atoms with Crippen molar-refractivity contribution >= 4 is 49.7 Å². The van der Waals surface area contributed by atoms with E-state index in [1.165, 1.54) is 43.3 Å². The van der Waals surface area contributed by atoms with Gasteiger partial charge in [0.05, 0.1) is 10.5 Å². The predicted molar refractivity (Wildman–Crippen MR) is 116 cm³/mol. The van der Waals surface area contributed by atoms with Crippen LogP contribution in [-0.4, -0.2) is 36.6 Å². The second-order valence-corrected chi connectivity index (χ2v) is 9.28. The SMILES string of the molecule is Cc1nnc(NS(=O)(=O)c2ccc(NC(=O)C(C)OC(=O)c3ccc(N)cc3)cc2)s1. The Kier molecular flexibility index (Phi) is 6.51. The van der Waals surface area contributed by atoms with E-state index in [4.69, 9.17) is 10.5 Å². The zero-order valence-corrected chi connectivity index (χ0v) is 18.2. The number of nitrogens with zero attached hydrogens (tertiary/aromatic N) is 2. The molecule has 1 unspecified atom stereocenters. The van der Waals surface area contributed by atoms with Crippen molar-refractivity contribution in [1.29, 1.82) is 0 Å². The fraction of sp³-hybridized carbons (Fsp3) is 0.158. The smallest absolute Gasteiger partial charge is 0.338 e. The van der Waals surface area contributed by atoms with E-state index >= 15 is 0 Å². The molecule has 1 atom stereocenters. The van der Waals surface area contributed by atoms with Gasteiger partial charge in [-0.2, -0.15) is 0 Å². The van der Waals surface area contributed by atoms with Crippen LogP contribution in [0.25, 0.3) is 0 Å². The second-order valence-electron chi connectivity index (χ2n) is 6.41. The standard InChI is InChI=1S/C19H19N5O5S2/c1-11(29-18(26)13-3-5-14(20)6-4-13)17(25)21-15-7-9-16(10-8-15)31(27,28)24-19-23-22-12(2)30-19/h3-11H,20H2,1-2H3,(H,21,25)(H,23,24). The average Bonchev–Trinajstić information content (AvgIpc) is 3.12. The first kappa shape index (κ1) is 22.2. The molecule has 0 aliphatic rings. The van der Waals surface area contributed by atoms with Crippen molar-refractivity contribution in [2.24, 2.45) is 0 Å². The van der Waals surface area contributed by atoms with Crippen LogP contribution in [0.2, 0.25) is 0 Å². The van der Waals surface area contributed by atoms with Gasteiger partial charge in [-0.3, -0.25) is 9.52 Å². The lowest BCUT2D eigenvalue weighted by atomic mass is 10.2. The molecule has 2 aromatic carbocycles. The number of carbonyl (C=O) groups is 2. The molecule has 1 amide bonds. The number of nitrogen functional groups attached to an aromatic ring is 1. The van der Waals surface area contributed by atoms with E-state index in [2.05, 4.69) is 20.2 Å². The highest BCUT2D eigenvalue weighted by molar-refractivity contribution is 7.93. The Morgan fingerprint density at radius 3 is 2.29 bits per heavy atom. The van der Waals surface area contributed by atoms with E-state index in [1.807, 2.05) is 0 Å². The van der Waals surface area contributed by atoms with Gasteiger partial charge in [0.2, 0.25) is 5.13 Å². The number of nitrogens with one attached hydrogen (secondary N) is 2. The lowest BCUT2D eigenvalue weighted by molar-refractivity contribution is -0.123. The van der Waals surface area contributed by atoms with Crippen molar-refractivity contribution < 1.29 is 22.7 Å². The zero-order chi connectivity index (χ0) is 22.6. The van der Waals surface area contributed by atoms with Crippen LogP contribution < -0.4 is 15.8 Å². The van der Waals surface area contributed by atoms with Crippen LogP contribution in [0.3, 0.4) is 0 Å². The van der Waals surface area contributed by atoms with Gasteiger partial charge >= 0.3 is 5.97 Å². The number of ether oxygens (including phenoxy) is 1. The molecular formula is C19H19N5O5S2. The summed E-state index contributed by atoms with van der Waals surface area (Å²) in [4.78, 5) is 24.4. The number of nitrogens with two attached hydrogens (primary N) is 1. The fourth-order valence-electron chi connectivity index (χ4n) is 2.37. The zero-order valence-electron chi connectivity index (χ0n) is 16.5. The van der Waals surface area contributed by atoms with E-state index in [-0.39, 0.29) is 15.6 Å². The highest BCUT2D eigenvalue weighted by atomic mass is 32.2. The first-order valence-electron chi connectivity index (χ1n) is 8.94. The number of benzene rings is 2. The quantitative estimate of drug-likeness (QED) is 0.358. The fourth-order valence-corrected chi connectivity index (χ4v) is 4.20. The summed E-state index contributed by atoms with van der Waals surface area (Å²) in [5.41, 5.74) is 6.68. The number of sulfonamides is 1.